The third-order valence-corrected chi connectivity index (χ3v) is 4.31. The average molecular weight is 355 g/mol. The second-order valence-electron chi connectivity index (χ2n) is 5.23. The summed E-state index contributed by atoms with van der Waals surface area (Å²) < 4.78 is 10.4. The summed E-state index contributed by atoms with van der Waals surface area (Å²) in [6.07, 6.45) is 0.499. The lowest BCUT2D eigenvalue weighted by Crippen LogP contribution is -2.20. The van der Waals surface area contributed by atoms with Crippen LogP contribution in [0.2, 0.25) is 10.0 Å². The summed E-state index contributed by atoms with van der Waals surface area (Å²) >= 11 is 12.6. The van der Waals surface area contributed by atoms with Crippen molar-refractivity contribution in [3.63, 3.8) is 0 Å². The van der Waals surface area contributed by atoms with Crippen molar-refractivity contribution < 1.29 is 9.47 Å². The smallest absolute Gasteiger partial charge is 0.121 e. The topological polar surface area (TPSA) is 70.5 Å². The molecule has 23 heavy (non-hydrogen) atoms. The Hall–Kier alpha value is -1.46. The summed E-state index contributed by atoms with van der Waals surface area (Å²) in [5.74, 6) is 1.35. The monoisotopic (exact) mass is 354 g/mol. The Morgan fingerprint density at radius 3 is 2.09 bits per heavy atom. The van der Waals surface area contributed by atoms with Crippen LogP contribution in [0.1, 0.15) is 29.6 Å². The first-order chi connectivity index (χ1) is 11.0. The van der Waals surface area contributed by atoms with E-state index in [1.165, 1.54) is 0 Å². The molecule has 0 aliphatic heterocycles. The van der Waals surface area contributed by atoms with Gasteiger partial charge < -0.3 is 20.9 Å². The lowest BCUT2D eigenvalue weighted by atomic mass is 9.95. The molecular formula is C17H20Cl2N2O2. The molecule has 0 aliphatic rings. The Kier molecular flexibility index (Phi) is 6.13. The van der Waals surface area contributed by atoms with Crippen LogP contribution in [-0.2, 0) is 0 Å². The van der Waals surface area contributed by atoms with E-state index in [1.54, 1.807) is 26.4 Å². The van der Waals surface area contributed by atoms with Gasteiger partial charge in [-0.3, -0.25) is 0 Å². The maximum Gasteiger partial charge on any atom is 0.121 e. The van der Waals surface area contributed by atoms with Gasteiger partial charge in [0.05, 0.1) is 24.3 Å². The third kappa shape index (κ3) is 4.30. The minimum Gasteiger partial charge on any atom is -0.497 e. The van der Waals surface area contributed by atoms with Gasteiger partial charge in [0, 0.05) is 17.6 Å². The number of benzene rings is 2. The molecule has 0 spiro atoms. The van der Waals surface area contributed by atoms with E-state index in [4.69, 9.17) is 44.1 Å². The summed E-state index contributed by atoms with van der Waals surface area (Å²) in [5.41, 5.74) is 14.2. The Morgan fingerprint density at radius 2 is 1.52 bits per heavy atom. The normalized spacial score (nSPS) is 13.5. The lowest BCUT2D eigenvalue weighted by Gasteiger charge is -2.21. The fourth-order valence-corrected chi connectivity index (χ4v) is 3.18. The number of halogens is 2. The lowest BCUT2D eigenvalue weighted by molar-refractivity contribution is 0.413. The van der Waals surface area contributed by atoms with Crippen molar-refractivity contribution in [2.75, 3.05) is 14.2 Å². The predicted molar refractivity (Wildman–Crippen MR) is 94.5 cm³/mol. The van der Waals surface area contributed by atoms with Crippen molar-refractivity contribution in [2.24, 2.45) is 11.5 Å². The molecule has 0 aromatic heterocycles. The summed E-state index contributed by atoms with van der Waals surface area (Å²) in [6, 6.07) is 10.3. The SMILES string of the molecule is COc1cccc(C(N)CC(N)c2c(Cl)cc(OC)cc2Cl)c1. The van der Waals surface area contributed by atoms with E-state index < -0.39 is 0 Å². The molecule has 0 aliphatic carbocycles. The number of nitrogens with two attached hydrogens (primary N) is 2. The van der Waals surface area contributed by atoms with Gasteiger partial charge in [0.15, 0.2) is 0 Å². The second-order valence-corrected chi connectivity index (χ2v) is 6.04. The van der Waals surface area contributed by atoms with E-state index in [-0.39, 0.29) is 12.1 Å². The van der Waals surface area contributed by atoms with Gasteiger partial charge in [0.1, 0.15) is 11.5 Å². The number of rotatable bonds is 6. The molecule has 0 saturated heterocycles. The van der Waals surface area contributed by atoms with Crippen molar-refractivity contribution in [2.45, 2.75) is 18.5 Å². The minimum atomic E-state index is -0.387. The highest BCUT2D eigenvalue weighted by Crippen LogP contribution is 2.36. The van der Waals surface area contributed by atoms with Gasteiger partial charge in [0.25, 0.3) is 0 Å². The van der Waals surface area contributed by atoms with Crippen molar-refractivity contribution >= 4 is 23.2 Å². The quantitative estimate of drug-likeness (QED) is 0.818. The second kappa shape index (κ2) is 7.88. The van der Waals surface area contributed by atoms with Crippen LogP contribution >= 0.6 is 23.2 Å². The first kappa shape index (κ1) is 17.9. The van der Waals surface area contributed by atoms with Crippen molar-refractivity contribution in [3.8, 4) is 11.5 Å². The minimum absolute atomic E-state index is 0.255. The highest BCUT2D eigenvalue weighted by atomic mass is 35.5. The third-order valence-electron chi connectivity index (χ3n) is 3.69. The zero-order chi connectivity index (χ0) is 17.0. The molecule has 2 aromatic rings. The van der Waals surface area contributed by atoms with Gasteiger partial charge in [-0.1, -0.05) is 35.3 Å². The molecule has 0 fully saturated rings. The van der Waals surface area contributed by atoms with Gasteiger partial charge >= 0.3 is 0 Å². The molecule has 0 heterocycles. The van der Waals surface area contributed by atoms with Gasteiger partial charge in [-0.05, 0) is 36.2 Å². The standard InChI is InChI=1S/C17H20Cl2N2O2/c1-22-11-5-3-4-10(6-11)15(20)9-16(21)17-13(18)7-12(23-2)8-14(17)19/h3-8,15-16H,9,20-21H2,1-2H3. The molecule has 2 aromatic carbocycles. The molecule has 0 amide bonds. The molecule has 4 nitrogen and oxygen atoms in total. The molecule has 0 bridgehead atoms. The van der Waals surface area contributed by atoms with Crippen LogP contribution in [0.25, 0.3) is 0 Å². The molecule has 124 valence electrons. The first-order valence-electron chi connectivity index (χ1n) is 7.14. The molecule has 2 unspecified atom stereocenters. The molecule has 2 rings (SSSR count). The van der Waals surface area contributed by atoms with Crippen LogP contribution < -0.4 is 20.9 Å². The molecule has 0 saturated carbocycles. The fourth-order valence-electron chi connectivity index (χ4n) is 2.43. The van der Waals surface area contributed by atoms with Crippen LogP contribution in [0.15, 0.2) is 36.4 Å². The van der Waals surface area contributed by atoms with Crippen LogP contribution in [0.4, 0.5) is 0 Å². The van der Waals surface area contributed by atoms with Gasteiger partial charge in [-0.25, -0.2) is 0 Å². The Balaban J connectivity index is 2.19. The van der Waals surface area contributed by atoms with Crippen molar-refractivity contribution in [1.82, 2.24) is 0 Å². The number of hydrogen-bond donors (Lipinski definition) is 2. The maximum atomic E-state index is 6.28. The first-order valence-corrected chi connectivity index (χ1v) is 7.90. The Labute approximate surface area is 146 Å². The van der Waals surface area contributed by atoms with Crippen LogP contribution in [0, 0.1) is 0 Å². The highest BCUT2D eigenvalue weighted by Gasteiger charge is 2.19. The zero-order valence-corrected chi connectivity index (χ0v) is 14.6. The van der Waals surface area contributed by atoms with Crippen molar-refractivity contribution in [1.29, 1.82) is 0 Å². The van der Waals surface area contributed by atoms with E-state index in [9.17, 15) is 0 Å². The molecule has 4 N–H and O–H groups in total. The number of methoxy groups -OCH3 is 2. The molecule has 2 atom stereocenters. The van der Waals surface area contributed by atoms with E-state index in [0.717, 1.165) is 11.3 Å². The van der Waals surface area contributed by atoms with Crippen LogP contribution in [-0.4, -0.2) is 14.2 Å². The Bertz CT molecular complexity index is 656. The average Bonchev–Trinajstić information content (AvgIpc) is 2.53. The largest absolute Gasteiger partial charge is 0.497 e. The summed E-state index contributed by atoms with van der Waals surface area (Å²) in [5, 5.41) is 0.944. The summed E-state index contributed by atoms with van der Waals surface area (Å²) in [4.78, 5) is 0. The van der Waals surface area contributed by atoms with Gasteiger partial charge in [0.2, 0.25) is 0 Å². The molecule has 6 heteroatoms. The Morgan fingerprint density at radius 1 is 0.913 bits per heavy atom. The number of ether oxygens (including phenoxy) is 2. The molecule has 0 radical (unpaired) electrons. The van der Waals surface area contributed by atoms with E-state index in [2.05, 4.69) is 0 Å². The summed E-state index contributed by atoms with van der Waals surface area (Å²) in [6.45, 7) is 0. The summed E-state index contributed by atoms with van der Waals surface area (Å²) in [7, 11) is 3.17. The van der Waals surface area contributed by atoms with E-state index in [0.29, 0.717) is 27.8 Å². The molecular weight excluding hydrogens is 335 g/mol. The van der Waals surface area contributed by atoms with E-state index >= 15 is 0 Å². The number of hydrogen-bond acceptors (Lipinski definition) is 4. The van der Waals surface area contributed by atoms with Crippen molar-refractivity contribution in [3.05, 3.63) is 57.6 Å². The van der Waals surface area contributed by atoms with Gasteiger partial charge in [-0.15, -0.1) is 0 Å². The van der Waals surface area contributed by atoms with Crippen LogP contribution in [0.5, 0.6) is 11.5 Å². The predicted octanol–water partition coefficient (Wildman–Crippen LogP) is 4.10. The zero-order valence-electron chi connectivity index (χ0n) is 13.1. The van der Waals surface area contributed by atoms with Gasteiger partial charge in [-0.2, -0.15) is 0 Å². The maximum absolute atomic E-state index is 6.28. The van der Waals surface area contributed by atoms with Crippen LogP contribution in [0.3, 0.4) is 0 Å². The highest BCUT2D eigenvalue weighted by molar-refractivity contribution is 6.36. The fraction of sp³-hybridized carbons (Fsp3) is 0.294. The van der Waals surface area contributed by atoms with E-state index in [1.807, 2.05) is 24.3 Å².